The lowest BCUT2D eigenvalue weighted by atomic mass is 10.1. The number of carbonyl (C=O) groups excluding carboxylic acids is 1. The molecule has 1 heterocycles. The molecule has 8 heteroatoms. The molecule has 0 saturated carbocycles. The summed E-state index contributed by atoms with van der Waals surface area (Å²) >= 11 is 1.48. The van der Waals surface area contributed by atoms with E-state index >= 15 is 0 Å². The molecule has 6 nitrogen and oxygen atoms in total. The second-order valence-electron chi connectivity index (χ2n) is 5.32. The highest BCUT2D eigenvalue weighted by Gasteiger charge is 2.13. The number of ether oxygens (including phenoxy) is 1. The first-order chi connectivity index (χ1) is 12.1. The zero-order chi connectivity index (χ0) is 17.8. The first-order valence-corrected chi connectivity index (χ1v) is 9.42. The van der Waals surface area contributed by atoms with Crippen molar-refractivity contribution < 1.29 is 17.9 Å². The third kappa shape index (κ3) is 4.22. The summed E-state index contributed by atoms with van der Waals surface area (Å²) in [6.07, 6.45) is 0. The van der Waals surface area contributed by atoms with E-state index in [9.17, 15) is 13.2 Å². The number of carbonyl (C=O) groups is 1. The van der Waals surface area contributed by atoms with Crippen molar-refractivity contribution in [2.45, 2.75) is 13.1 Å². The Hall–Kier alpha value is -2.29. The van der Waals surface area contributed by atoms with Crippen LogP contribution in [0.1, 0.15) is 20.9 Å². The van der Waals surface area contributed by atoms with Gasteiger partial charge in [0.15, 0.2) is 0 Å². The molecule has 0 aliphatic heterocycles. The molecular formula is C17H16N2O4S2. The van der Waals surface area contributed by atoms with Crippen molar-refractivity contribution in [3.05, 3.63) is 64.7 Å². The van der Waals surface area contributed by atoms with Gasteiger partial charge in [-0.3, -0.25) is 0 Å². The van der Waals surface area contributed by atoms with E-state index in [0.29, 0.717) is 5.56 Å². The largest absolute Gasteiger partial charge is 0.465 e. The molecule has 25 heavy (non-hydrogen) atoms. The Morgan fingerprint density at radius 2 is 1.84 bits per heavy atom. The number of para-hydroxylation sites is 1. The van der Waals surface area contributed by atoms with E-state index in [4.69, 9.17) is 0 Å². The summed E-state index contributed by atoms with van der Waals surface area (Å²) in [5, 5.41) is 0.742. The van der Waals surface area contributed by atoms with Gasteiger partial charge in [-0.15, -0.1) is 11.3 Å². The standard InChI is InChI=1S/C17H16N2O4S2/c1-23-17(20)13-8-6-12(7-9-13)10-19(25(21)22)11-16-18-14-4-2-3-5-15(14)24-16/h2-9,25H,10-11H2,1H3. The Morgan fingerprint density at radius 1 is 1.12 bits per heavy atom. The van der Waals surface area contributed by atoms with Crippen molar-refractivity contribution in [2.24, 2.45) is 0 Å². The number of thiol groups is 1. The van der Waals surface area contributed by atoms with E-state index in [-0.39, 0.29) is 13.1 Å². The first kappa shape index (κ1) is 17.5. The number of methoxy groups -OCH3 is 1. The van der Waals surface area contributed by atoms with Gasteiger partial charge in [0.05, 0.1) is 29.4 Å². The molecule has 0 spiro atoms. The van der Waals surface area contributed by atoms with Crippen LogP contribution in [0.25, 0.3) is 10.2 Å². The van der Waals surface area contributed by atoms with Gasteiger partial charge in [-0.05, 0) is 29.8 Å². The Kier molecular flexibility index (Phi) is 5.42. The van der Waals surface area contributed by atoms with Gasteiger partial charge in [-0.25, -0.2) is 18.2 Å². The van der Waals surface area contributed by atoms with Crippen LogP contribution in [0.15, 0.2) is 48.5 Å². The zero-order valence-electron chi connectivity index (χ0n) is 13.4. The lowest BCUT2D eigenvalue weighted by Gasteiger charge is -2.14. The number of fused-ring (bicyclic) bond motifs is 1. The van der Waals surface area contributed by atoms with Crippen molar-refractivity contribution in [1.29, 1.82) is 0 Å². The van der Waals surface area contributed by atoms with Gasteiger partial charge in [0.2, 0.25) is 10.9 Å². The molecule has 0 atom stereocenters. The van der Waals surface area contributed by atoms with Crippen LogP contribution < -0.4 is 0 Å². The van der Waals surface area contributed by atoms with E-state index in [1.165, 1.54) is 22.8 Å². The molecule has 2 aromatic carbocycles. The topological polar surface area (TPSA) is 76.6 Å². The highest BCUT2D eigenvalue weighted by Crippen LogP contribution is 2.23. The Morgan fingerprint density at radius 3 is 2.48 bits per heavy atom. The van der Waals surface area contributed by atoms with Crippen LogP contribution in [-0.2, 0) is 28.7 Å². The maximum atomic E-state index is 11.6. The van der Waals surface area contributed by atoms with Gasteiger partial charge in [0.1, 0.15) is 5.01 Å². The minimum absolute atomic E-state index is 0.218. The number of aromatic nitrogens is 1. The van der Waals surface area contributed by atoms with Gasteiger partial charge in [0.25, 0.3) is 0 Å². The highest BCUT2D eigenvalue weighted by atomic mass is 32.2. The smallest absolute Gasteiger partial charge is 0.337 e. The average Bonchev–Trinajstić information content (AvgIpc) is 3.03. The Balaban J connectivity index is 1.76. The summed E-state index contributed by atoms with van der Waals surface area (Å²) < 4.78 is 30.2. The number of hydrogen-bond acceptors (Lipinski definition) is 6. The lowest BCUT2D eigenvalue weighted by molar-refractivity contribution is 0.0600. The molecule has 3 aromatic rings. The van der Waals surface area contributed by atoms with Crippen LogP contribution in [0.3, 0.4) is 0 Å². The SMILES string of the molecule is COC(=O)c1ccc(CN(Cc2nc3ccccc3s2)[SH](=O)=O)cc1. The number of nitrogens with zero attached hydrogens (tertiary/aromatic N) is 2. The lowest BCUT2D eigenvalue weighted by Crippen LogP contribution is -2.20. The number of esters is 1. The third-order valence-electron chi connectivity index (χ3n) is 3.63. The summed E-state index contributed by atoms with van der Waals surface area (Å²) in [6.45, 7) is 0.437. The van der Waals surface area contributed by atoms with Gasteiger partial charge in [-0.1, -0.05) is 24.3 Å². The number of benzene rings is 2. The van der Waals surface area contributed by atoms with Crippen molar-refractivity contribution in [2.75, 3.05) is 7.11 Å². The predicted molar refractivity (Wildman–Crippen MR) is 97.0 cm³/mol. The van der Waals surface area contributed by atoms with Crippen molar-refractivity contribution >= 4 is 38.4 Å². The molecule has 1 aromatic heterocycles. The van der Waals surface area contributed by atoms with E-state index in [1.807, 2.05) is 24.3 Å². The number of thiazole rings is 1. The molecule has 0 radical (unpaired) electrons. The van der Waals surface area contributed by atoms with Crippen LogP contribution >= 0.6 is 11.3 Å². The second-order valence-corrected chi connectivity index (χ2v) is 7.48. The Bertz CT molecular complexity index is 923. The molecule has 0 amide bonds. The zero-order valence-corrected chi connectivity index (χ0v) is 15.1. The van der Waals surface area contributed by atoms with Crippen LogP contribution in [0.2, 0.25) is 0 Å². The van der Waals surface area contributed by atoms with E-state index in [1.54, 1.807) is 24.3 Å². The Labute approximate surface area is 150 Å². The summed E-state index contributed by atoms with van der Waals surface area (Å²) in [7, 11) is -1.44. The van der Waals surface area contributed by atoms with Gasteiger partial charge in [0, 0.05) is 6.54 Å². The third-order valence-corrected chi connectivity index (χ3v) is 5.39. The molecule has 0 aliphatic rings. The average molecular weight is 376 g/mol. The van der Waals surface area contributed by atoms with Gasteiger partial charge < -0.3 is 4.74 Å². The fraction of sp³-hybridized carbons (Fsp3) is 0.176. The fourth-order valence-electron chi connectivity index (χ4n) is 2.39. The minimum Gasteiger partial charge on any atom is -0.465 e. The molecule has 0 unspecified atom stereocenters. The molecule has 0 bridgehead atoms. The molecule has 0 aliphatic carbocycles. The maximum absolute atomic E-state index is 11.6. The second kappa shape index (κ2) is 7.73. The van der Waals surface area contributed by atoms with Crippen LogP contribution in [0.5, 0.6) is 0 Å². The molecular weight excluding hydrogens is 360 g/mol. The molecule has 130 valence electrons. The number of rotatable bonds is 6. The monoisotopic (exact) mass is 376 g/mol. The summed E-state index contributed by atoms with van der Waals surface area (Å²) in [5.41, 5.74) is 2.08. The van der Waals surface area contributed by atoms with E-state index < -0.39 is 16.9 Å². The molecule has 0 fully saturated rings. The predicted octanol–water partition coefficient (Wildman–Crippen LogP) is 2.61. The van der Waals surface area contributed by atoms with Gasteiger partial charge >= 0.3 is 5.97 Å². The summed E-state index contributed by atoms with van der Waals surface area (Å²) in [4.78, 5) is 15.9. The minimum atomic E-state index is -2.76. The van der Waals surface area contributed by atoms with Crippen molar-refractivity contribution in [3.63, 3.8) is 0 Å². The van der Waals surface area contributed by atoms with E-state index in [0.717, 1.165) is 20.8 Å². The maximum Gasteiger partial charge on any atom is 0.337 e. The number of hydrogen-bond donors (Lipinski definition) is 1. The normalized spacial score (nSPS) is 11.3. The quantitative estimate of drug-likeness (QED) is 0.529. The molecule has 3 rings (SSSR count). The van der Waals surface area contributed by atoms with E-state index in [2.05, 4.69) is 9.72 Å². The summed E-state index contributed by atoms with van der Waals surface area (Å²) in [5.74, 6) is -0.423. The molecule has 0 N–H and O–H groups in total. The van der Waals surface area contributed by atoms with Crippen LogP contribution in [0, 0.1) is 0 Å². The molecule has 0 saturated heterocycles. The first-order valence-electron chi connectivity index (χ1n) is 7.48. The highest BCUT2D eigenvalue weighted by molar-refractivity contribution is 7.69. The van der Waals surface area contributed by atoms with Crippen molar-refractivity contribution in [1.82, 2.24) is 9.29 Å². The summed E-state index contributed by atoms with van der Waals surface area (Å²) in [6, 6.07) is 14.4. The van der Waals surface area contributed by atoms with Crippen LogP contribution in [0.4, 0.5) is 0 Å². The fourth-order valence-corrected chi connectivity index (χ4v) is 4.00. The van der Waals surface area contributed by atoms with Crippen LogP contribution in [-0.4, -0.2) is 30.8 Å². The van der Waals surface area contributed by atoms with Crippen molar-refractivity contribution in [3.8, 4) is 0 Å². The van der Waals surface area contributed by atoms with Gasteiger partial charge in [-0.2, -0.15) is 4.31 Å².